The van der Waals surface area contributed by atoms with Crippen LogP contribution in [0.4, 0.5) is 0 Å². The van der Waals surface area contributed by atoms with E-state index in [9.17, 15) is 0 Å². The highest BCUT2D eigenvalue weighted by atomic mass is 16.5. The summed E-state index contributed by atoms with van der Waals surface area (Å²) in [6, 6.07) is 4.92. The molecule has 2 heteroatoms. The lowest BCUT2D eigenvalue weighted by molar-refractivity contribution is 0.291. The van der Waals surface area contributed by atoms with E-state index in [1.165, 1.54) is 61.6 Å². The molecule has 1 aromatic carbocycles. The average Bonchev–Trinajstić information content (AvgIpc) is 2.45. The van der Waals surface area contributed by atoms with Crippen LogP contribution in [0.3, 0.4) is 0 Å². The zero-order valence-corrected chi connectivity index (χ0v) is 14.2. The molecule has 0 amide bonds. The van der Waals surface area contributed by atoms with Gasteiger partial charge in [0.05, 0.1) is 7.11 Å². The van der Waals surface area contributed by atoms with E-state index in [1.807, 2.05) is 0 Å². The number of methoxy groups -OCH3 is 1. The molecule has 2 rings (SSSR count). The van der Waals surface area contributed by atoms with E-state index in [-0.39, 0.29) is 0 Å². The topological polar surface area (TPSA) is 21.3 Å². The van der Waals surface area contributed by atoms with Crippen LogP contribution in [0.15, 0.2) is 12.1 Å². The molecule has 1 unspecified atom stereocenters. The van der Waals surface area contributed by atoms with Crippen molar-refractivity contribution in [3.8, 4) is 5.75 Å². The summed E-state index contributed by atoms with van der Waals surface area (Å²) < 4.78 is 5.75. The fourth-order valence-electron chi connectivity index (χ4n) is 3.79. The number of hydrogen-bond donors (Lipinski definition) is 1. The van der Waals surface area contributed by atoms with Crippen molar-refractivity contribution in [1.82, 2.24) is 5.32 Å². The Kier molecular flexibility index (Phi) is 6.10. The zero-order chi connectivity index (χ0) is 15.2. The highest BCUT2D eigenvalue weighted by molar-refractivity contribution is 5.47. The van der Waals surface area contributed by atoms with Gasteiger partial charge in [0.25, 0.3) is 0 Å². The largest absolute Gasteiger partial charge is 0.496 e. The van der Waals surface area contributed by atoms with Crippen LogP contribution in [-0.2, 0) is 0 Å². The molecule has 2 nitrogen and oxygen atoms in total. The minimum atomic E-state index is 0.414. The van der Waals surface area contributed by atoms with Crippen molar-refractivity contribution >= 4 is 0 Å². The number of ether oxygens (including phenoxy) is 1. The van der Waals surface area contributed by atoms with E-state index < -0.39 is 0 Å². The molecule has 118 valence electrons. The number of rotatable bonds is 4. The molecule has 1 aromatic rings. The Labute approximate surface area is 130 Å². The van der Waals surface area contributed by atoms with Gasteiger partial charge < -0.3 is 10.1 Å². The molecule has 0 aliphatic heterocycles. The van der Waals surface area contributed by atoms with Gasteiger partial charge in [0, 0.05) is 11.6 Å². The number of aryl methyl sites for hydroxylation is 1. The SMILES string of the molecule is CNC(c1ccc(C)c(C)c1OC)C1CCCCCCC1. The van der Waals surface area contributed by atoms with Crippen LogP contribution < -0.4 is 10.1 Å². The predicted molar refractivity (Wildman–Crippen MR) is 90.1 cm³/mol. The summed E-state index contributed by atoms with van der Waals surface area (Å²) in [6.45, 7) is 4.33. The van der Waals surface area contributed by atoms with Gasteiger partial charge in [0.15, 0.2) is 0 Å². The minimum Gasteiger partial charge on any atom is -0.496 e. The lowest BCUT2D eigenvalue weighted by atomic mass is 9.82. The molecule has 0 bridgehead atoms. The zero-order valence-electron chi connectivity index (χ0n) is 14.2. The van der Waals surface area contributed by atoms with Gasteiger partial charge in [-0.15, -0.1) is 0 Å². The second kappa shape index (κ2) is 7.84. The Morgan fingerprint density at radius 1 is 1.05 bits per heavy atom. The van der Waals surface area contributed by atoms with E-state index >= 15 is 0 Å². The molecule has 21 heavy (non-hydrogen) atoms. The van der Waals surface area contributed by atoms with Crippen LogP contribution in [0, 0.1) is 19.8 Å². The van der Waals surface area contributed by atoms with Crippen molar-refractivity contribution < 1.29 is 4.74 Å². The molecule has 1 fully saturated rings. The van der Waals surface area contributed by atoms with Crippen LogP contribution in [0.2, 0.25) is 0 Å². The monoisotopic (exact) mass is 289 g/mol. The molecule has 1 aliphatic rings. The summed E-state index contributed by atoms with van der Waals surface area (Å²) in [6.07, 6.45) is 9.63. The third-order valence-corrected chi connectivity index (χ3v) is 5.18. The first-order valence-electron chi connectivity index (χ1n) is 8.50. The van der Waals surface area contributed by atoms with Gasteiger partial charge in [0.2, 0.25) is 0 Å². The summed E-state index contributed by atoms with van der Waals surface area (Å²) in [5.74, 6) is 1.81. The van der Waals surface area contributed by atoms with Crippen LogP contribution in [-0.4, -0.2) is 14.2 Å². The van der Waals surface area contributed by atoms with Crippen molar-refractivity contribution in [1.29, 1.82) is 0 Å². The lowest BCUT2D eigenvalue weighted by Crippen LogP contribution is -2.26. The van der Waals surface area contributed by atoms with Crippen molar-refractivity contribution in [2.24, 2.45) is 5.92 Å². The third-order valence-electron chi connectivity index (χ3n) is 5.18. The maximum absolute atomic E-state index is 5.75. The number of hydrogen-bond acceptors (Lipinski definition) is 2. The van der Waals surface area contributed by atoms with Crippen molar-refractivity contribution in [3.63, 3.8) is 0 Å². The third kappa shape index (κ3) is 3.79. The molecular formula is C19H31NO. The molecule has 1 aliphatic carbocycles. The van der Waals surface area contributed by atoms with Gasteiger partial charge in [-0.25, -0.2) is 0 Å². The molecule has 0 spiro atoms. The van der Waals surface area contributed by atoms with E-state index in [1.54, 1.807) is 7.11 Å². The second-order valence-electron chi connectivity index (χ2n) is 6.50. The van der Waals surface area contributed by atoms with Gasteiger partial charge in [0.1, 0.15) is 5.75 Å². The standard InChI is InChI=1S/C19H31NO/c1-14-12-13-17(19(21-4)15(14)2)18(20-3)16-10-8-6-5-7-9-11-16/h12-13,16,18,20H,5-11H2,1-4H3. The normalized spacial score (nSPS) is 18.9. The highest BCUT2D eigenvalue weighted by Gasteiger charge is 2.25. The van der Waals surface area contributed by atoms with Crippen molar-refractivity contribution in [2.75, 3.05) is 14.2 Å². The second-order valence-corrected chi connectivity index (χ2v) is 6.50. The summed E-state index contributed by atoms with van der Waals surface area (Å²) in [5.41, 5.74) is 3.93. The van der Waals surface area contributed by atoms with Crippen molar-refractivity contribution in [2.45, 2.75) is 64.8 Å². The number of benzene rings is 1. The van der Waals surface area contributed by atoms with E-state index in [4.69, 9.17) is 4.74 Å². The molecule has 1 saturated carbocycles. The minimum absolute atomic E-state index is 0.414. The van der Waals surface area contributed by atoms with E-state index in [2.05, 4.69) is 38.3 Å². The van der Waals surface area contributed by atoms with Crippen LogP contribution in [0.1, 0.15) is 67.7 Å². The fraction of sp³-hybridized carbons (Fsp3) is 0.684. The Morgan fingerprint density at radius 3 is 2.24 bits per heavy atom. The van der Waals surface area contributed by atoms with Gasteiger partial charge in [-0.05, 0) is 50.8 Å². The van der Waals surface area contributed by atoms with Gasteiger partial charge in [-0.2, -0.15) is 0 Å². The van der Waals surface area contributed by atoms with Gasteiger partial charge in [-0.1, -0.05) is 44.2 Å². The first-order chi connectivity index (χ1) is 10.2. The van der Waals surface area contributed by atoms with Crippen LogP contribution >= 0.6 is 0 Å². The molecular weight excluding hydrogens is 258 g/mol. The maximum Gasteiger partial charge on any atom is 0.126 e. The van der Waals surface area contributed by atoms with E-state index in [0.29, 0.717) is 6.04 Å². The Morgan fingerprint density at radius 2 is 1.67 bits per heavy atom. The lowest BCUT2D eigenvalue weighted by Gasteiger charge is -2.30. The molecule has 1 N–H and O–H groups in total. The summed E-state index contributed by atoms with van der Waals surface area (Å²) in [5, 5.41) is 3.58. The Bertz CT molecular complexity index is 447. The number of nitrogens with one attached hydrogen (secondary N) is 1. The molecule has 0 saturated heterocycles. The summed E-state index contributed by atoms with van der Waals surface area (Å²) in [7, 11) is 3.90. The molecule has 0 radical (unpaired) electrons. The summed E-state index contributed by atoms with van der Waals surface area (Å²) >= 11 is 0. The molecule has 1 atom stereocenters. The van der Waals surface area contributed by atoms with E-state index in [0.717, 1.165) is 11.7 Å². The predicted octanol–water partition coefficient (Wildman–Crippen LogP) is 4.93. The first kappa shape index (κ1) is 16.4. The molecule has 0 aromatic heterocycles. The first-order valence-corrected chi connectivity index (χ1v) is 8.50. The maximum atomic E-state index is 5.75. The fourth-order valence-corrected chi connectivity index (χ4v) is 3.79. The molecule has 0 heterocycles. The smallest absolute Gasteiger partial charge is 0.126 e. The van der Waals surface area contributed by atoms with Crippen molar-refractivity contribution in [3.05, 3.63) is 28.8 Å². The highest BCUT2D eigenvalue weighted by Crippen LogP contribution is 2.38. The van der Waals surface area contributed by atoms with Gasteiger partial charge >= 0.3 is 0 Å². The average molecular weight is 289 g/mol. The quantitative estimate of drug-likeness (QED) is 0.848. The Balaban J connectivity index is 2.29. The summed E-state index contributed by atoms with van der Waals surface area (Å²) in [4.78, 5) is 0. The van der Waals surface area contributed by atoms with Gasteiger partial charge in [-0.3, -0.25) is 0 Å². The van der Waals surface area contributed by atoms with Crippen LogP contribution in [0.5, 0.6) is 5.75 Å². The Hall–Kier alpha value is -1.02. The van der Waals surface area contributed by atoms with Crippen LogP contribution in [0.25, 0.3) is 0 Å².